The van der Waals surface area contributed by atoms with Gasteiger partial charge in [-0.2, -0.15) is 0 Å². The Hall–Kier alpha value is -3.58. The maximum atomic E-state index is 13.0. The zero-order valence-electron chi connectivity index (χ0n) is 18.7. The summed E-state index contributed by atoms with van der Waals surface area (Å²) < 4.78 is 0. The van der Waals surface area contributed by atoms with Crippen LogP contribution in [0.3, 0.4) is 0 Å². The molecule has 170 valence electrons. The maximum absolute atomic E-state index is 13.0. The van der Waals surface area contributed by atoms with E-state index >= 15 is 0 Å². The molecule has 1 aliphatic rings. The van der Waals surface area contributed by atoms with Gasteiger partial charge in [0.2, 0.25) is 0 Å². The minimum absolute atomic E-state index is 0.0326. The number of hydrogen-bond acceptors (Lipinski definition) is 4. The van der Waals surface area contributed by atoms with Crippen molar-refractivity contribution in [3.05, 3.63) is 83.1 Å². The molecule has 1 saturated heterocycles. The fourth-order valence-corrected chi connectivity index (χ4v) is 4.04. The molecule has 4 rings (SSSR count). The van der Waals surface area contributed by atoms with Crippen LogP contribution >= 0.6 is 11.6 Å². The number of benzene rings is 2. The average Bonchev–Trinajstić information content (AvgIpc) is 2.85. The molecule has 0 atom stereocenters. The van der Waals surface area contributed by atoms with E-state index in [4.69, 9.17) is 11.6 Å². The summed E-state index contributed by atoms with van der Waals surface area (Å²) in [5.74, 6) is -0.0326. The van der Waals surface area contributed by atoms with E-state index in [1.165, 1.54) is 0 Å². The van der Waals surface area contributed by atoms with Crippen molar-refractivity contribution >= 4 is 40.6 Å². The van der Waals surface area contributed by atoms with Crippen LogP contribution in [-0.4, -0.2) is 59.9 Å². The fraction of sp³-hybridized carbons (Fsp3) is 0.240. The lowest BCUT2D eigenvalue weighted by atomic mass is 10.1. The van der Waals surface area contributed by atoms with Gasteiger partial charge in [-0.05, 0) is 61.0 Å². The highest BCUT2D eigenvalue weighted by atomic mass is 35.5. The van der Waals surface area contributed by atoms with Crippen LogP contribution in [0.25, 0.3) is 0 Å². The SMILES string of the molecule is Cc1ccc(NC(=O)N2CCN(C(=O)c3ccc(N(C)c4ccncc4)cc3)CC2)c(Cl)c1. The Morgan fingerprint density at radius 3 is 2.15 bits per heavy atom. The third-order valence-corrected chi connectivity index (χ3v) is 6.08. The van der Waals surface area contributed by atoms with E-state index in [-0.39, 0.29) is 11.9 Å². The zero-order chi connectivity index (χ0) is 23.4. The zero-order valence-corrected chi connectivity index (χ0v) is 19.4. The number of amides is 3. The van der Waals surface area contributed by atoms with Crippen LogP contribution in [0.5, 0.6) is 0 Å². The second kappa shape index (κ2) is 9.92. The third kappa shape index (κ3) is 5.26. The first-order valence-corrected chi connectivity index (χ1v) is 11.2. The number of hydrogen-bond donors (Lipinski definition) is 1. The Morgan fingerprint density at radius 2 is 1.52 bits per heavy atom. The molecule has 1 aromatic heterocycles. The number of nitrogens with one attached hydrogen (secondary N) is 1. The molecule has 7 nitrogen and oxygen atoms in total. The molecule has 0 bridgehead atoms. The molecule has 1 fully saturated rings. The molecule has 0 unspecified atom stereocenters. The topological polar surface area (TPSA) is 68.8 Å². The number of aromatic nitrogens is 1. The number of pyridine rings is 1. The highest BCUT2D eigenvalue weighted by molar-refractivity contribution is 6.33. The predicted octanol–water partition coefficient (Wildman–Crippen LogP) is 4.80. The van der Waals surface area contributed by atoms with Gasteiger partial charge in [0, 0.05) is 62.6 Å². The summed E-state index contributed by atoms with van der Waals surface area (Å²) in [5, 5.41) is 3.37. The van der Waals surface area contributed by atoms with Crippen LogP contribution < -0.4 is 10.2 Å². The van der Waals surface area contributed by atoms with E-state index in [9.17, 15) is 9.59 Å². The third-order valence-electron chi connectivity index (χ3n) is 5.77. The molecular formula is C25H26ClN5O2. The first kappa shape index (κ1) is 22.6. The summed E-state index contributed by atoms with van der Waals surface area (Å²) in [4.78, 5) is 35.1. The Bertz CT molecular complexity index is 1130. The number of halogens is 1. The first-order valence-electron chi connectivity index (χ1n) is 10.8. The molecule has 2 aromatic carbocycles. The summed E-state index contributed by atoms with van der Waals surface area (Å²) in [6.07, 6.45) is 3.50. The van der Waals surface area contributed by atoms with E-state index in [1.807, 2.05) is 67.4 Å². The molecule has 3 aromatic rings. The number of carbonyl (C=O) groups excluding carboxylic acids is 2. The summed E-state index contributed by atoms with van der Waals surface area (Å²) in [6, 6.07) is 16.7. The van der Waals surface area contributed by atoms with Gasteiger partial charge in [-0.3, -0.25) is 9.78 Å². The van der Waals surface area contributed by atoms with Gasteiger partial charge in [-0.15, -0.1) is 0 Å². The second-order valence-corrected chi connectivity index (χ2v) is 8.41. The molecular weight excluding hydrogens is 438 g/mol. The van der Waals surface area contributed by atoms with E-state index < -0.39 is 0 Å². The van der Waals surface area contributed by atoms with Gasteiger partial charge in [0.15, 0.2) is 0 Å². The second-order valence-electron chi connectivity index (χ2n) is 8.00. The van der Waals surface area contributed by atoms with Crippen molar-refractivity contribution in [3.8, 4) is 0 Å². The Labute approximate surface area is 198 Å². The van der Waals surface area contributed by atoms with Crippen LogP contribution in [0.1, 0.15) is 15.9 Å². The molecule has 1 N–H and O–H groups in total. The normalized spacial score (nSPS) is 13.5. The highest BCUT2D eigenvalue weighted by Crippen LogP contribution is 2.24. The number of rotatable bonds is 4. The molecule has 33 heavy (non-hydrogen) atoms. The highest BCUT2D eigenvalue weighted by Gasteiger charge is 2.25. The number of carbonyl (C=O) groups is 2. The summed E-state index contributed by atoms with van der Waals surface area (Å²) in [7, 11) is 1.97. The first-order chi connectivity index (χ1) is 15.9. The van der Waals surface area contributed by atoms with E-state index in [1.54, 1.807) is 28.3 Å². The minimum atomic E-state index is -0.212. The van der Waals surface area contributed by atoms with Crippen LogP contribution in [-0.2, 0) is 0 Å². The molecule has 2 heterocycles. The molecule has 8 heteroatoms. The number of aryl methyl sites for hydroxylation is 1. The summed E-state index contributed by atoms with van der Waals surface area (Å²) >= 11 is 6.22. The van der Waals surface area contributed by atoms with E-state index in [2.05, 4.69) is 10.3 Å². The molecule has 1 aliphatic heterocycles. The van der Waals surface area contributed by atoms with Gasteiger partial charge < -0.3 is 20.0 Å². The Balaban J connectivity index is 1.33. The number of anilines is 3. The lowest BCUT2D eigenvalue weighted by molar-refractivity contribution is 0.0671. The van der Waals surface area contributed by atoms with Crippen LogP contribution in [0.4, 0.5) is 21.9 Å². The van der Waals surface area contributed by atoms with Crippen LogP contribution in [0.15, 0.2) is 67.0 Å². The molecule has 3 amide bonds. The summed E-state index contributed by atoms with van der Waals surface area (Å²) in [6.45, 7) is 3.83. The maximum Gasteiger partial charge on any atom is 0.322 e. The summed E-state index contributed by atoms with van der Waals surface area (Å²) in [5.41, 5.74) is 4.25. The van der Waals surface area contributed by atoms with Crippen molar-refractivity contribution in [1.29, 1.82) is 0 Å². The lowest BCUT2D eigenvalue weighted by Gasteiger charge is -2.35. The van der Waals surface area contributed by atoms with Gasteiger partial charge >= 0.3 is 6.03 Å². The van der Waals surface area contributed by atoms with Crippen molar-refractivity contribution in [1.82, 2.24) is 14.8 Å². The van der Waals surface area contributed by atoms with Crippen molar-refractivity contribution < 1.29 is 9.59 Å². The quantitative estimate of drug-likeness (QED) is 0.603. The fourth-order valence-electron chi connectivity index (χ4n) is 3.76. The molecule has 0 saturated carbocycles. The largest absolute Gasteiger partial charge is 0.345 e. The van der Waals surface area contributed by atoms with Gasteiger partial charge in [0.25, 0.3) is 5.91 Å². The number of piperazine rings is 1. The van der Waals surface area contributed by atoms with Gasteiger partial charge in [0.1, 0.15) is 0 Å². The van der Waals surface area contributed by atoms with E-state index in [0.717, 1.165) is 16.9 Å². The van der Waals surface area contributed by atoms with E-state index in [0.29, 0.717) is 42.5 Å². The molecule has 0 spiro atoms. The van der Waals surface area contributed by atoms with Crippen molar-refractivity contribution in [2.24, 2.45) is 0 Å². The van der Waals surface area contributed by atoms with Crippen molar-refractivity contribution in [2.75, 3.05) is 43.4 Å². The molecule has 0 aliphatic carbocycles. The van der Waals surface area contributed by atoms with Gasteiger partial charge in [-0.1, -0.05) is 17.7 Å². The monoisotopic (exact) mass is 463 g/mol. The van der Waals surface area contributed by atoms with Gasteiger partial charge in [-0.25, -0.2) is 4.79 Å². The Morgan fingerprint density at radius 1 is 0.909 bits per heavy atom. The minimum Gasteiger partial charge on any atom is -0.345 e. The number of urea groups is 1. The number of nitrogens with zero attached hydrogens (tertiary/aromatic N) is 4. The smallest absolute Gasteiger partial charge is 0.322 e. The lowest BCUT2D eigenvalue weighted by Crippen LogP contribution is -2.51. The van der Waals surface area contributed by atoms with Crippen molar-refractivity contribution in [2.45, 2.75) is 6.92 Å². The van der Waals surface area contributed by atoms with Crippen LogP contribution in [0, 0.1) is 6.92 Å². The van der Waals surface area contributed by atoms with Crippen LogP contribution in [0.2, 0.25) is 5.02 Å². The standard InChI is InChI=1S/C25H26ClN5O2/c1-18-3-8-23(22(26)17-18)28-25(33)31-15-13-30(14-16-31)24(32)19-4-6-20(7-5-19)29(2)21-9-11-27-12-10-21/h3-12,17H,13-16H2,1-2H3,(H,28,33). The predicted molar refractivity (Wildman–Crippen MR) is 131 cm³/mol. The average molecular weight is 464 g/mol. The Kier molecular flexibility index (Phi) is 6.79. The molecule has 0 radical (unpaired) electrons. The van der Waals surface area contributed by atoms with Crippen molar-refractivity contribution in [3.63, 3.8) is 0 Å². The van der Waals surface area contributed by atoms with Gasteiger partial charge in [0.05, 0.1) is 10.7 Å².